The molecular formula is C9H11BrN2O. The van der Waals surface area contributed by atoms with Gasteiger partial charge in [-0.05, 0) is 40.9 Å². The summed E-state index contributed by atoms with van der Waals surface area (Å²) < 4.78 is 1.01. The molecule has 1 saturated heterocycles. The Balaban J connectivity index is 2.29. The molecule has 2 heterocycles. The molecule has 0 aromatic carbocycles. The fourth-order valence-corrected chi connectivity index (χ4v) is 1.85. The van der Waals surface area contributed by atoms with Crippen molar-refractivity contribution in [3.63, 3.8) is 0 Å². The van der Waals surface area contributed by atoms with Gasteiger partial charge in [-0.3, -0.25) is 4.84 Å². The molecule has 1 fully saturated rings. The summed E-state index contributed by atoms with van der Waals surface area (Å²) in [5, 5.41) is 1.86. The molecule has 0 radical (unpaired) electrons. The topological polar surface area (TPSA) is 25.4 Å². The van der Waals surface area contributed by atoms with E-state index in [0.29, 0.717) is 0 Å². The van der Waals surface area contributed by atoms with Crippen molar-refractivity contribution in [3.8, 4) is 0 Å². The molecule has 0 saturated carbocycles. The Morgan fingerprint density at radius 1 is 1.62 bits per heavy atom. The second-order valence-electron chi connectivity index (χ2n) is 3.08. The maximum absolute atomic E-state index is 5.42. The maximum atomic E-state index is 5.42. The molecule has 1 aliphatic rings. The predicted octanol–water partition coefficient (Wildman–Crippen LogP) is 2.29. The highest BCUT2D eigenvalue weighted by atomic mass is 79.9. The zero-order valence-electron chi connectivity index (χ0n) is 7.46. The van der Waals surface area contributed by atoms with Crippen LogP contribution in [-0.2, 0) is 4.84 Å². The normalized spacial score (nSPS) is 16.6. The van der Waals surface area contributed by atoms with Gasteiger partial charge in [0.25, 0.3) is 0 Å². The summed E-state index contributed by atoms with van der Waals surface area (Å²) in [5.74, 6) is 0.931. The molecule has 0 amide bonds. The van der Waals surface area contributed by atoms with Crippen molar-refractivity contribution in [2.75, 3.05) is 18.2 Å². The van der Waals surface area contributed by atoms with E-state index in [1.165, 1.54) is 0 Å². The minimum Gasteiger partial charge on any atom is -0.272 e. The van der Waals surface area contributed by atoms with E-state index in [4.69, 9.17) is 4.84 Å². The molecule has 70 valence electrons. The lowest BCUT2D eigenvalue weighted by molar-refractivity contribution is 0.166. The number of aromatic nitrogens is 1. The van der Waals surface area contributed by atoms with E-state index in [1.807, 2.05) is 18.1 Å². The second-order valence-corrected chi connectivity index (χ2v) is 4.00. The zero-order valence-corrected chi connectivity index (χ0v) is 9.04. The second kappa shape index (κ2) is 3.64. The smallest absolute Gasteiger partial charge is 0.155 e. The maximum Gasteiger partial charge on any atom is 0.155 e. The van der Waals surface area contributed by atoms with Crippen LogP contribution in [0.15, 0.2) is 16.7 Å². The Bertz CT molecular complexity index is 310. The first-order valence-electron chi connectivity index (χ1n) is 4.30. The van der Waals surface area contributed by atoms with Crippen molar-refractivity contribution < 1.29 is 4.84 Å². The average molecular weight is 243 g/mol. The summed E-state index contributed by atoms with van der Waals surface area (Å²) in [6, 6.07) is 2.05. The molecule has 0 N–H and O–H groups in total. The lowest BCUT2D eigenvalue weighted by Crippen LogP contribution is -2.18. The minimum absolute atomic E-state index is 0.803. The van der Waals surface area contributed by atoms with Gasteiger partial charge in [-0.25, -0.2) is 10.0 Å². The van der Waals surface area contributed by atoms with E-state index < -0.39 is 0 Å². The molecule has 1 aromatic heterocycles. The number of hydroxylamine groups is 1. The van der Waals surface area contributed by atoms with E-state index >= 15 is 0 Å². The molecule has 3 nitrogen and oxygen atoms in total. The molecule has 0 bridgehead atoms. The molecule has 13 heavy (non-hydrogen) atoms. The molecule has 1 aliphatic heterocycles. The van der Waals surface area contributed by atoms with Crippen LogP contribution in [0, 0.1) is 6.92 Å². The minimum atomic E-state index is 0.803. The van der Waals surface area contributed by atoms with Gasteiger partial charge in [0, 0.05) is 17.2 Å². The number of rotatable bonds is 1. The lowest BCUT2D eigenvalue weighted by atomic mass is 10.3. The number of nitrogens with zero attached hydrogens (tertiary/aromatic N) is 2. The van der Waals surface area contributed by atoms with Crippen LogP contribution in [0.25, 0.3) is 0 Å². The molecule has 2 rings (SSSR count). The van der Waals surface area contributed by atoms with Crippen molar-refractivity contribution in [2.45, 2.75) is 13.3 Å². The van der Waals surface area contributed by atoms with E-state index in [0.717, 1.165) is 35.4 Å². The van der Waals surface area contributed by atoms with Gasteiger partial charge >= 0.3 is 0 Å². The molecule has 4 heteroatoms. The van der Waals surface area contributed by atoms with Crippen LogP contribution in [0.5, 0.6) is 0 Å². The summed E-state index contributed by atoms with van der Waals surface area (Å²) in [4.78, 5) is 9.73. The van der Waals surface area contributed by atoms with Gasteiger partial charge in [0.1, 0.15) is 0 Å². The van der Waals surface area contributed by atoms with Crippen LogP contribution in [0.1, 0.15) is 12.0 Å². The van der Waals surface area contributed by atoms with Crippen molar-refractivity contribution in [1.29, 1.82) is 0 Å². The van der Waals surface area contributed by atoms with Gasteiger partial charge in [0.05, 0.1) is 6.61 Å². The largest absolute Gasteiger partial charge is 0.272 e. The van der Waals surface area contributed by atoms with Gasteiger partial charge in [0.15, 0.2) is 5.82 Å². The average Bonchev–Trinajstić information content (AvgIpc) is 2.56. The Morgan fingerprint density at radius 3 is 3.08 bits per heavy atom. The molecule has 0 aliphatic carbocycles. The monoisotopic (exact) mass is 242 g/mol. The Labute approximate surface area is 85.8 Å². The predicted molar refractivity (Wildman–Crippen MR) is 54.6 cm³/mol. The van der Waals surface area contributed by atoms with E-state index in [9.17, 15) is 0 Å². The van der Waals surface area contributed by atoms with Gasteiger partial charge in [0.2, 0.25) is 0 Å². The number of pyridine rings is 1. The number of aryl methyl sites for hydroxylation is 1. The van der Waals surface area contributed by atoms with Gasteiger partial charge in [-0.15, -0.1) is 0 Å². The van der Waals surface area contributed by atoms with Gasteiger partial charge < -0.3 is 0 Å². The SMILES string of the molecule is Cc1cc(Br)cnc1N1CCCO1. The van der Waals surface area contributed by atoms with Crippen LogP contribution >= 0.6 is 15.9 Å². The van der Waals surface area contributed by atoms with Crippen LogP contribution in [-0.4, -0.2) is 18.1 Å². The van der Waals surface area contributed by atoms with E-state index in [2.05, 4.69) is 20.9 Å². The lowest BCUT2D eigenvalue weighted by Gasteiger charge is -2.16. The Kier molecular flexibility index (Phi) is 2.51. The molecule has 0 spiro atoms. The molecular weight excluding hydrogens is 232 g/mol. The fraction of sp³-hybridized carbons (Fsp3) is 0.444. The Morgan fingerprint density at radius 2 is 2.46 bits per heavy atom. The number of hydrogen-bond acceptors (Lipinski definition) is 3. The summed E-state index contributed by atoms with van der Waals surface area (Å²) in [6.07, 6.45) is 2.88. The first-order valence-corrected chi connectivity index (χ1v) is 5.09. The van der Waals surface area contributed by atoms with Crippen LogP contribution < -0.4 is 5.06 Å². The third-order valence-electron chi connectivity index (χ3n) is 2.01. The summed E-state index contributed by atoms with van der Waals surface area (Å²) in [7, 11) is 0. The highest BCUT2D eigenvalue weighted by Gasteiger charge is 2.16. The van der Waals surface area contributed by atoms with Crippen LogP contribution in [0.2, 0.25) is 0 Å². The van der Waals surface area contributed by atoms with Gasteiger partial charge in [-0.1, -0.05) is 0 Å². The first kappa shape index (κ1) is 8.97. The summed E-state index contributed by atoms with van der Waals surface area (Å²) in [6.45, 7) is 3.78. The molecule has 1 aromatic rings. The summed E-state index contributed by atoms with van der Waals surface area (Å²) >= 11 is 3.38. The van der Waals surface area contributed by atoms with Crippen molar-refractivity contribution in [1.82, 2.24) is 4.98 Å². The van der Waals surface area contributed by atoms with Gasteiger partial charge in [-0.2, -0.15) is 0 Å². The zero-order chi connectivity index (χ0) is 9.26. The van der Waals surface area contributed by atoms with Crippen LogP contribution in [0.4, 0.5) is 5.82 Å². The first-order chi connectivity index (χ1) is 6.27. The van der Waals surface area contributed by atoms with Crippen LogP contribution in [0.3, 0.4) is 0 Å². The quantitative estimate of drug-likeness (QED) is 0.756. The molecule has 0 atom stereocenters. The number of halogens is 1. The highest BCUT2D eigenvalue weighted by molar-refractivity contribution is 9.10. The van der Waals surface area contributed by atoms with E-state index in [1.54, 1.807) is 6.20 Å². The standard InChI is InChI=1S/C9H11BrN2O/c1-7-5-8(10)6-11-9(7)12-3-2-4-13-12/h5-6H,2-4H2,1H3. The third-order valence-corrected chi connectivity index (χ3v) is 2.44. The van der Waals surface area contributed by atoms with Crippen molar-refractivity contribution in [3.05, 3.63) is 22.3 Å². The highest BCUT2D eigenvalue weighted by Crippen LogP contribution is 2.23. The summed E-state index contributed by atoms with van der Waals surface area (Å²) in [5.41, 5.74) is 1.14. The van der Waals surface area contributed by atoms with Crippen molar-refractivity contribution >= 4 is 21.7 Å². The number of anilines is 1. The third kappa shape index (κ3) is 1.84. The molecule has 0 unspecified atom stereocenters. The van der Waals surface area contributed by atoms with E-state index in [-0.39, 0.29) is 0 Å². The number of hydrogen-bond donors (Lipinski definition) is 0. The Hall–Kier alpha value is -0.610. The fourth-order valence-electron chi connectivity index (χ4n) is 1.41. The van der Waals surface area contributed by atoms with Crippen molar-refractivity contribution in [2.24, 2.45) is 0 Å².